The van der Waals surface area contributed by atoms with Crippen LogP contribution in [0.15, 0.2) is 57.9 Å². The van der Waals surface area contributed by atoms with E-state index in [2.05, 4.69) is 46.3 Å². The van der Waals surface area contributed by atoms with Crippen LogP contribution in [0.4, 0.5) is 5.69 Å². The van der Waals surface area contributed by atoms with Crippen LogP contribution in [0.3, 0.4) is 0 Å². The van der Waals surface area contributed by atoms with Gasteiger partial charge >= 0.3 is 0 Å². The highest BCUT2D eigenvalue weighted by molar-refractivity contribution is 9.10. The van der Waals surface area contributed by atoms with Gasteiger partial charge in [-0.25, -0.2) is 0 Å². The Balaban J connectivity index is 1.90. The van der Waals surface area contributed by atoms with Gasteiger partial charge < -0.3 is 5.73 Å². The van der Waals surface area contributed by atoms with Crippen molar-refractivity contribution in [2.75, 3.05) is 11.5 Å². The Morgan fingerprint density at radius 3 is 2.53 bits per heavy atom. The molecule has 88 valence electrons. The van der Waals surface area contributed by atoms with Crippen LogP contribution in [0.1, 0.15) is 5.56 Å². The highest BCUT2D eigenvalue weighted by Crippen LogP contribution is 2.29. The number of nitrogens with two attached hydrogens (primary N) is 1. The van der Waals surface area contributed by atoms with Gasteiger partial charge in [0.25, 0.3) is 0 Å². The molecule has 0 saturated carbocycles. The van der Waals surface area contributed by atoms with Crippen molar-refractivity contribution in [1.82, 2.24) is 0 Å². The summed E-state index contributed by atoms with van der Waals surface area (Å²) in [5, 5.41) is 0. The standard InChI is InChI=1S/C14H14BrNS/c15-13-10-12(16)6-7-14(13)17-9-8-11-4-2-1-3-5-11/h1-7,10H,8-9,16H2. The van der Waals surface area contributed by atoms with Gasteiger partial charge in [-0.3, -0.25) is 0 Å². The molecular formula is C14H14BrNS. The van der Waals surface area contributed by atoms with Crippen molar-refractivity contribution >= 4 is 33.4 Å². The van der Waals surface area contributed by atoms with E-state index in [9.17, 15) is 0 Å². The van der Waals surface area contributed by atoms with Gasteiger partial charge in [-0.2, -0.15) is 0 Å². The Bertz CT molecular complexity index is 485. The molecule has 0 unspecified atom stereocenters. The smallest absolute Gasteiger partial charge is 0.0331 e. The van der Waals surface area contributed by atoms with E-state index in [0.717, 1.165) is 22.3 Å². The van der Waals surface area contributed by atoms with Crippen LogP contribution in [0, 0.1) is 0 Å². The lowest BCUT2D eigenvalue weighted by Gasteiger charge is -2.05. The lowest BCUT2D eigenvalue weighted by atomic mass is 10.2. The third-order valence-corrected chi connectivity index (χ3v) is 4.44. The van der Waals surface area contributed by atoms with Gasteiger partial charge in [-0.1, -0.05) is 30.3 Å². The SMILES string of the molecule is Nc1ccc(SCCc2ccccc2)c(Br)c1. The summed E-state index contributed by atoms with van der Waals surface area (Å²) in [5.74, 6) is 1.08. The van der Waals surface area contributed by atoms with Gasteiger partial charge in [0.15, 0.2) is 0 Å². The number of benzene rings is 2. The first kappa shape index (κ1) is 12.5. The number of halogens is 1. The second-order valence-corrected chi connectivity index (χ2v) is 5.77. The maximum Gasteiger partial charge on any atom is 0.0331 e. The van der Waals surface area contributed by atoms with Crippen LogP contribution in [0.2, 0.25) is 0 Å². The van der Waals surface area contributed by atoms with Crippen molar-refractivity contribution in [3.8, 4) is 0 Å². The molecule has 0 heterocycles. The average Bonchev–Trinajstić information content (AvgIpc) is 2.33. The van der Waals surface area contributed by atoms with Gasteiger partial charge in [0, 0.05) is 20.8 Å². The first-order chi connectivity index (χ1) is 8.25. The van der Waals surface area contributed by atoms with Gasteiger partial charge in [0.2, 0.25) is 0 Å². The minimum absolute atomic E-state index is 0.796. The number of anilines is 1. The lowest BCUT2D eigenvalue weighted by molar-refractivity contribution is 1.15. The monoisotopic (exact) mass is 307 g/mol. The van der Waals surface area contributed by atoms with Crippen LogP contribution < -0.4 is 5.73 Å². The molecule has 0 aliphatic heterocycles. The van der Waals surface area contributed by atoms with Crippen LogP contribution in [0.25, 0.3) is 0 Å². The summed E-state index contributed by atoms with van der Waals surface area (Å²) in [6.07, 6.45) is 1.09. The van der Waals surface area contributed by atoms with Crippen LogP contribution in [0.5, 0.6) is 0 Å². The fraction of sp³-hybridized carbons (Fsp3) is 0.143. The van der Waals surface area contributed by atoms with Crippen LogP contribution in [-0.2, 0) is 6.42 Å². The molecule has 3 heteroatoms. The third kappa shape index (κ3) is 3.79. The molecule has 2 aromatic rings. The van der Waals surface area contributed by atoms with E-state index in [1.807, 2.05) is 30.0 Å². The second kappa shape index (κ2) is 6.12. The van der Waals surface area contributed by atoms with E-state index in [1.54, 1.807) is 0 Å². The molecule has 2 rings (SSSR count). The molecule has 0 aromatic heterocycles. The summed E-state index contributed by atoms with van der Waals surface area (Å²) in [6, 6.07) is 16.5. The van der Waals surface area contributed by atoms with E-state index < -0.39 is 0 Å². The Kier molecular flexibility index (Phi) is 4.51. The fourth-order valence-corrected chi connectivity index (χ4v) is 3.22. The predicted molar refractivity (Wildman–Crippen MR) is 79.4 cm³/mol. The molecule has 0 radical (unpaired) electrons. The fourth-order valence-electron chi connectivity index (χ4n) is 1.56. The zero-order chi connectivity index (χ0) is 12.1. The molecule has 0 spiro atoms. The van der Waals surface area contributed by atoms with Gasteiger partial charge in [-0.15, -0.1) is 11.8 Å². The number of rotatable bonds is 4. The van der Waals surface area contributed by atoms with Crippen molar-refractivity contribution in [2.45, 2.75) is 11.3 Å². The Labute approximate surface area is 115 Å². The zero-order valence-electron chi connectivity index (χ0n) is 9.40. The highest BCUT2D eigenvalue weighted by atomic mass is 79.9. The summed E-state index contributed by atoms with van der Waals surface area (Å²) in [6.45, 7) is 0. The van der Waals surface area contributed by atoms with E-state index in [-0.39, 0.29) is 0 Å². The molecular weight excluding hydrogens is 294 g/mol. The summed E-state index contributed by atoms with van der Waals surface area (Å²) in [5.41, 5.74) is 7.88. The maximum atomic E-state index is 5.71. The topological polar surface area (TPSA) is 26.0 Å². The first-order valence-electron chi connectivity index (χ1n) is 5.47. The van der Waals surface area contributed by atoms with E-state index in [1.165, 1.54) is 10.5 Å². The number of nitrogen functional groups attached to an aromatic ring is 1. The normalized spacial score (nSPS) is 10.4. The number of aryl methyl sites for hydroxylation is 1. The van der Waals surface area contributed by atoms with Gasteiger partial charge in [-0.05, 0) is 46.1 Å². The highest BCUT2D eigenvalue weighted by Gasteiger charge is 2.01. The molecule has 0 atom stereocenters. The van der Waals surface area contributed by atoms with Crippen molar-refractivity contribution in [3.05, 3.63) is 58.6 Å². The molecule has 1 nitrogen and oxygen atoms in total. The predicted octanol–water partition coefficient (Wildman–Crippen LogP) is 4.37. The van der Waals surface area contributed by atoms with Crippen LogP contribution >= 0.6 is 27.7 Å². The summed E-state index contributed by atoms with van der Waals surface area (Å²) >= 11 is 5.38. The summed E-state index contributed by atoms with van der Waals surface area (Å²) in [7, 11) is 0. The van der Waals surface area contributed by atoms with Crippen molar-refractivity contribution in [3.63, 3.8) is 0 Å². The quantitative estimate of drug-likeness (QED) is 0.670. The molecule has 2 aromatic carbocycles. The van der Waals surface area contributed by atoms with E-state index in [4.69, 9.17) is 5.73 Å². The molecule has 0 aliphatic rings. The molecule has 0 fully saturated rings. The first-order valence-corrected chi connectivity index (χ1v) is 7.25. The lowest BCUT2D eigenvalue weighted by Crippen LogP contribution is -1.89. The molecule has 0 aliphatic carbocycles. The third-order valence-electron chi connectivity index (χ3n) is 2.45. The van der Waals surface area contributed by atoms with Crippen molar-refractivity contribution < 1.29 is 0 Å². The Morgan fingerprint density at radius 2 is 1.82 bits per heavy atom. The molecule has 0 amide bonds. The Morgan fingerprint density at radius 1 is 1.06 bits per heavy atom. The summed E-state index contributed by atoms with van der Waals surface area (Å²) in [4.78, 5) is 1.25. The van der Waals surface area contributed by atoms with Crippen molar-refractivity contribution in [2.24, 2.45) is 0 Å². The summed E-state index contributed by atoms with van der Waals surface area (Å²) < 4.78 is 1.08. The second-order valence-electron chi connectivity index (χ2n) is 3.77. The molecule has 0 saturated heterocycles. The van der Waals surface area contributed by atoms with Crippen LogP contribution in [-0.4, -0.2) is 5.75 Å². The molecule has 2 N–H and O–H groups in total. The average molecular weight is 308 g/mol. The Hall–Kier alpha value is -0.930. The van der Waals surface area contributed by atoms with Crippen molar-refractivity contribution in [1.29, 1.82) is 0 Å². The molecule has 0 bridgehead atoms. The molecule has 17 heavy (non-hydrogen) atoms. The minimum Gasteiger partial charge on any atom is -0.399 e. The largest absolute Gasteiger partial charge is 0.399 e. The zero-order valence-corrected chi connectivity index (χ0v) is 11.8. The minimum atomic E-state index is 0.796. The maximum absolute atomic E-state index is 5.71. The number of hydrogen-bond donors (Lipinski definition) is 1. The van der Waals surface area contributed by atoms with E-state index in [0.29, 0.717) is 0 Å². The van der Waals surface area contributed by atoms with Gasteiger partial charge in [0.05, 0.1) is 0 Å². The van der Waals surface area contributed by atoms with E-state index >= 15 is 0 Å². The number of thioether (sulfide) groups is 1. The van der Waals surface area contributed by atoms with Gasteiger partial charge in [0.1, 0.15) is 0 Å². The number of hydrogen-bond acceptors (Lipinski definition) is 2.